The zero-order chi connectivity index (χ0) is 10.7. The number of rotatable bonds is 0. The predicted octanol–water partition coefficient (Wildman–Crippen LogP) is 2.39. The maximum Gasteiger partial charge on any atom is 0.0950 e. The Hall–Kier alpha value is -1.02. The lowest BCUT2D eigenvalue weighted by atomic mass is 9.75. The van der Waals surface area contributed by atoms with Gasteiger partial charge < -0.3 is 5.32 Å². The van der Waals surface area contributed by atoms with Crippen LogP contribution >= 0.6 is 0 Å². The summed E-state index contributed by atoms with van der Waals surface area (Å²) in [7, 11) is 0. The first kappa shape index (κ1) is 9.22. The van der Waals surface area contributed by atoms with Crippen LogP contribution in [0.25, 0.3) is 0 Å². The standard InChI is InChI=1S/C13H18N2/c1-9-5-4-6-10-11(9)15-13(3)12(10,2)7-8-14-13/h4-6,14-15H,7-8H2,1-3H3. The van der Waals surface area contributed by atoms with Gasteiger partial charge in [-0.25, -0.2) is 0 Å². The molecule has 2 unspecified atom stereocenters. The molecular weight excluding hydrogens is 184 g/mol. The minimum atomic E-state index is 0.0431. The topological polar surface area (TPSA) is 24.1 Å². The summed E-state index contributed by atoms with van der Waals surface area (Å²) in [5, 5.41) is 7.27. The van der Waals surface area contributed by atoms with Gasteiger partial charge in [-0.3, -0.25) is 5.32 Å². The fourth-order valence-electron chi connectivity index (χ4n) is 3.14. The largest absolute Gasteiger partial charge is 0.366 e. The van der Waals surface area contributed by atoms with E-state index in [1.165, 1.54) is 23.2 Å². The van der Waals surface area contributed by atoms with Gasteiger partial charge in [0.15, 0.2) is 0 Å². The Morgan fingerprint density at radius 1 is 1.27 bits per heavy atom. The third-order valence-corrected chi connectivity index (χ3v) is 4.45. The van der Waals surface area contributed by atoms with Gasteiger partial charge in [0.25, 0.3) is 0 Å². The normalized spacial score (nSPS) is 37.3. The Morgan fingerprint density at radius 2 is 2.07 bits per heavy atom. The number of para-hydroxylation sites is 1. The predicted molar refractivity (Wildman–Crippen MR) is 63.2 cm³/mol. The fraction of sp³-hybridized carbons (Fsp3) is 0.538. The Balaban J connectivity index is 2.24. The summed E-state index contributed by atoms with van der Waals surface area (Å²) in [6, 6.07) is 6.62. The maximum absolute atomic E-state index is 3.67. The monoisotopic (exact) mass is 202 g/mol. The third-order valence-electron chi connectivity index (χ3n) is 4.45. The summed E-state index contributed by atoms with van der Waals surface area (Å²) in [6.07, 6.45) is 1.22. The number of hydrogen-bond donors (Lipinski definition) is 2. The molecule has 2 heterocycles. The Morgan fingerprint density at radius 3 is 2.87 bits per heavy atom. The fourth-order valence-corrected chi connectivity index (χ4v) is 3.14. The van der Waals surface area contributed by atoms with Crippen molar-refractivity contribution in [1.82, 2.24) is 5.32 Å². The lowest BCUT2D eigenvalue weighted by molar-refractivity contribution is 0.331. The Kier molecular flexibility index (Phi) is 1.57. The summed E-state index contributed by atoms with van der Waals surface area (Å²) in [6.45, 7) is 7.93. The van der Waals surface area contributed by atoms with Gasteiger partial charge in [-0.1, -0.05) is 25.1 Å². The molecule has 2 N–H and O–H groups in total. The molecular formula is C13H18N2. The van der Waals surface area contributed by atoms with Gasteiger partial charge in [0.05, 0.1) is 5.66 Å². The molecule has 0 bridgehead atoms. The van der Waals surface area contributed by atoms with Gasteiger partial charge in [0.1, 0.15) is 0 Å². The summed E-state index contributed by atoms with van der Waals surface area (Å²) >= 11 is 0. The molecule has 80 valence electrons. The van der Waals surface area contributed by atoms with E-state index in [0.717, 1.165) is 6.54 Å². The Labute approximate surface area is 91.1 Å². The average Bonchev–Trinajstić information content (AvgIpc) is 2.57. The highest BCUT2D eigenvalue weighted by molar-refractivity contribution is 5.68. The summed E-state index contributed by atoms with van der Waals surface area (Å²) < 4.78 is 0. The van der Waals surface area contributed by atoms with E-state index in [2.05, 4.69) is 49.6 Å². The number of nitrogens with one attached hydrogen (secondary N) is 2. The third kappa shape index (κ3) is 0.932. The van der Waals surface area contributed by atoms with Gasteiger partial charge >= 0.3 is 0 Å². The molecule has 1 aromatic carbocycles. The van der Waals surface area contributed by atoms with Crippen LogP contribution in [-0.2, 0) is 5.41 Å². The second-order valence-corrected chi connectivity index (χ2v) is 5.26. The minimum absolute atomic E-state index is 0.0431. The van der Waals surface area contributed by atoms with Gasteiger partial charge in [-0.15, -0.1) is 0 Å². The lowest BCUT2D eigenvalue weighted by Crippen LogP contribution is -2.52. The molecule has 0 saturated carbocycles. The van der Waals surface area contributed by atoms with E-state index in [0.29, 0.717) is 0 Å². The summed E-state index contributed by atoms with van der Waals surface area (Å²) in [5.41, 5.74) is 4.46. The molecule has 1 saturated heterocycles. The Bertz CT molecular complexity index is 427. The molecule has 0 aromatic heterocycles. The van der Waals surface area contributed by atoms with Crippen LogP contribution in [0.3, 0.4) is 0 Å². The van der Waals surface area contributed by atoms with E-state index in [-0.39, 0.29) is 11.1 Å². The van der Waals surface area contributed by atoms with Crippen LogP contribution in [0.15, 0.2) is 18.2 Å². The van der Waals surface area contributed by atoms with Crippen LogP contribution in [0.1, 0.15) is 31.4 Å². The maximum atomic E-state index is 3.67. The van der Waals surface area contributed by atoms with Crippen molar-refractivity contribution in [2.45, 2.75) is 38.3 Å². The molecule has 1 fully saturated rings. The quantitative estimate of drug-likeness (QED) is 0.675. The van der Waals surface area contributed by atoms with Crippen molar-refractivity contribution in [3.63, 3.8) is 0 Å². The van der Waals surface area contributed by atoms with E-state index in [4.69, 9.17) is 0 Å². The molecule has 2 aliphatic heterocycles. The van der Waals surface area contributed by atoms with Crippen molar-refractivity contribution in [3.05, 3.63) is 29.3 Å². The van der Waals surface area contributed by atoms with Crippen LogP contribution in [0.2, 0.25) is 0 Å². The van der Waals surface area contributed by atoms with E-state index in [9.17, 15) is 0 Å². The van der Waals surface area contributed by atoms with Gasteiger partial charge in [0.2, 0.25) is 0 Å². The molecule has 0 radical (unpaired) electrons. The molecule has 2 nitrogen and oxygen atoms in total. The van der Waals surface area contributed by atoms with Crippen molar-refractivity contribution >= 4 is 5.69 Å². The van der Waals surface area contributed by atoms with Gasteiger partial charge in [-0.05, 0) is 37.9 Å². The highest BCUT2D eigenvalue weighted by Gasteiger charge is 2.55. The zero-order valence-corrected chi connectivity index (χ0v) is 9.65. The van der Waals surface area contributed by atoms with Crippen LogP contribution in [0.5, 0.6) is 0 Å². The molecule has 2 atom stereocenters. The first-order chi connectivity index (χ1) is 7.07. The second-order valence-electron chi connectivity index (χ2n) is 5.26. The zero-order valence-electron chi connectivity index (χ0n) is 9.65. The second kappa shape index (κ2) is 2.56. The highest BCUT2D eigenvalue weighted by Crippen LogP contribution is 2.51. The molecule has 0 aliphatic carbocycles. The number of anilines is 1. The summed E-state index contributed by atoms with van der Waals surface area (Å²) in [4.78, 5) is 0. The van der Waals surface area contributed by atoms with Crippen LogP contribution < -0.4 is 10.6 Å². The molecule has 3 rings (SSSR count). The van der Waals surface area contributed by atoms with Crippen molar-refractivity contribution in [1.29, 1.82) is 0 Å². The number of aryl methyl sites for hydroxylation is 1. The first-order valence-corrected chi connectivity index (χ1v) is 5.70. The molecule has 2 aliphatic rings. The lowest BCUT2D eigenvalue weighted by Gasteiger charge is -2.34. The van der Waals surface area contributed by atoms with Crippen LogP contribution in [0.4, 0.5) is 5.69 Å². The summed E-state index contributed by atoms with van der Waals surface area (Å²) in [5.74, 6) is 0. The van der Waals surface area contributed by atoms with Crippen LogP contribution in [-0.4, -0.2) is 12.2 Å². The number of fused-ring (bicyclic) bond motifs is 3. The molecule has 1 aromatic rings. The molecule has 0 spiro atoms. The van der Waals surface area contributed by atoms with Crippen molar-refractivity contribution in [3.8, 4) is 0 Å². The highest BCUT2D eigenvalue weighted by atomic mass is 15.3. The van der Waals surface area contributed by atoms with Crippen molar-refractivity contribution in [2.75, 3.05) is 11.9 Å². The van der Waals surface area contributed by atoms with E-state index in [1.807, 2.05) is 0 Å². The van der Waals surface area contributed by atoms with Crippen molar-refractivity contribution in [2.24, 2.45) is 0 Å². The SMILES string of the molecule is Cc1cccc2c1NC1(C)NCCC21C. The molecule has 2 heteroatoms. The average molecular weight is 202 g/mol. The minimum Gasteiger partial charge on any atom is -0.366 e. The van der Waals surface area contributed by atoms with Gasteiger partial charge in [-0.2, -0.15) is 0 Å². The number of benzene rings is 1. The number of hydrogen-bond acceptors (Lipinski definition) is 2. The first-order valence-electron chi connectivity index (χ1n) is 5.70. The molecule has 15 heavy (non-hydrogen) atoms. The van der Waals surface area contributed by atoms with E-state index >= 15 is 0 Å². The van der Waals surface area contributed by atoms with Gasteiger partial charge in [0, 0.05) is 11.1 Å². The van der Waals surface area contributed by atoms with Crippen molar-refractivity contribution < 1.29 is 0 Å². The molecule has 0 amide bonds. The van der Waals surface area contributed by atoms with E-state index < -0.39 is 0 Å². The van der Waals surface area contributed by atoms with Crippen LogP contribution in [0, 0.1) is 6.92 Å². The van der Waals surface area contributed by atoms with E-state index in [1.54, 1.807) is 0 Å². The smallest absolute Gasteiger partial charge is 0.0950 e.